The van der Waals surface area contributed by atoms with Crippen LogP contribution in [0.25, 0.3) is 0 Å². The lowest BCUT2D eigenvalue weighted by Gasteiger charge is -2.18. The molecule has 1 atom stereocenters. The van der Waals surface area contributed by atoms with Crippen LogP contribution in [-0.2, 0) is 14.1 Å². The van der Waals surface area contributed by atoms with Gasteiger partial charge in [-0.15, -0.1) is 0 Å². The first-order chi connectivity index (χ1) is 12.4. The van der Waals surface area contributed by atoms with E-state index in [1.807, 2.05) is 6.92 Å². The summed E-state index contributed by atoms with van der Waals surface area (Å²) in [4.78, 5) is 38.3. The van der Waals surface area contributed by atoms with Gasteiger partial charge < -0.3 is 14.8 Å². The number of hydrogen-bond acceptors (Lipinski definition) is 5. The van der Waals surface area contributed by atoms with Crippen LogP contribution in [0.1, 0.15) is 22.5 Å². The average molecular weight is 357 g/mol. The van der Waals surface area contributed by atoms with Crippen molar-refractivity contribution in [2.24, 2.45) is 20.0 Å². The van der Waals surface area contributed by atoms with Crippen LogP contribution >= 0.6 is 0 Å². The number of nitrogens with zero attached hydrogens (tertiary/aromatic N) is 4. The minimum atomic E-state index is -0.348. The third-order valence-electron chi connectivity index (χ3n) is 4.96. The number of aryl methyl sites for hydroxylation is 2. The van der Waals surface area contributed by atoms with Gasteiger partial charge in [0.05, 0.1) is 11.9 Å². The molecule has 1 amide bonds. The van der Waals surface area contributed by atoms with E-state index in [0.717, 1.165) is 30.9 Å². The number of aromatic nitrogens is 3. The maximum absolute atomic E-state index is 12.3. The van der Waals surface area contributed by atoms with Gasteiger partial charge in [0.25, 0.3) is 17.0 Å². The van der Waals surface area contributed by atoms with E-state index >= 15 is 0 Å². The molecule has 1 N–H and O–H groups in total. The van der Waals surface area contributed by atoms with Crippen molar-refractivity contribution in [2.75, 3.05) is 24.5 Å². The highest BCUT2D eigenvalue weighted by molar-refractivity contribution is 5.93. The Balaban J connectivity index is 1.60. The molecule has 0 saturated carbocycles. The molecule has 138 valence electrons. The second kappa shape index (κ2) is 7.15. The fraction of sp³-hybridized carbons (Fsp3) is 0.444. The zero-order valence-corrected chi connectivity index (χ0v) is 15.2. The number of carbonyl (C=O) groups excluding carboxylic acids is 1. The molecule has 8 heteroatoms. The third kappa shape index (κ3) is 3.54. The number of rotatable bonds is 4. The molecule has 0 unspecified atom stereocenters. The highest BCUT2D eigenvalue weighted by Gasteiger charge is 2.24. The molecule has 1 aliphatic heterocycles. The third-order valence-corrected chi connectivity index (χ3v) is 4.96. The van der Waals surface area contributed by atoms with Crippen molar-refractivity contribution in [1.29, 1.82) is 0 Å². The van der Waals surface area contributed by atoms with Gasteiger partial charge in [-0.2, -0.15) is 5.10 Å². The maximum atomic E-state index is 12.3. The second-order valence-corrected chi connectivity index (χ2v) is 6.74. The number of amides is 1. The molecule has 3 rings (SSSR count). The standard InChI is InChI=1S/C18H23N5O3/c1-12-4-5-15(18(26)21(12)2)17(25)19-9-13-6-7-23(11-13)14-8-16(24)22(3)20-10-14/h4-5,8,10,13H,6-7,9,11H2,1-3H3,(H,19,25)/t13-/m1/s1. The SMILES string of the molecule is Cc1ccc(C(=O)NC[C@H]2CCN(c3cnn(C)c(=O)c3)C2)c(=O)n1C. The molecular weight excluding hydrogens is 334 g/mol. The summed E-state index contributed by atoms with van der Waals surface area (Å²) < 4.78 is 2.76. The lowest BCUT2D eigenvalue weighted by atomic mass is 10.1. The van der Waals surface area contributed by atoms with Crippen LogP contribution in [0.3, 0.4) is 0 Å². The zero-order chi connectivity index (χ0) is 18.8. The van der Waals surface area contributed by atoms with E-state index in [-0.39, 0.29) is 28.5 Å². The van der Waals surface area contributed by atoms with Crippen LogP contribution in [-0.4, -0.2) is 39.9 Å². The molecule has 1 fully saturated rings. The highest BCUT2D eigenvalue weighted by Crippen LogP contribution is 2.21. The Kier molecular flexibility index (Phi) is 4.92. The minimum Gasteiger partial charge on any atom is -0.370 e. The van der Waals surface area contributed by atoms with Gasteiger partial charge in [0.1, 0.15) is 5.56 Å². The fourth-order valence-corrected chi connectivity index (χ4v) is 3.10. The number of anilines is 1. The van der Waals surface area contributed by atoms with Crippen LogP contribution in [0, 0.1) is 12.8 Å². The molecule has 0 aromatic carbocycles. The summed E-state index contributed by atoms with van der Waals surface area (Å²) in [6.45, 7) is 3.86. The van der Waals surface area contributed by atoms with Crippen molar-refractivity contribution in [3.05, 3.63) is 56.4 Å². The topological polar surface area (TPSA) is 89.2 Å². The Morgan fingerprint density at radius 1 is 1.31 bits per heavy atom. The number of nitrogens with one attached hydrogen (secondary N) is 1. The largest absolute Gasteiger partial charge is 0.370 e. The van der Waals surface area contributed by atoms with Gasteiger partial charge in [0.2, 0.25) is 0 Å². The van der Waals surface area contributed by atoms with E-state index < -0.39 is 0 Å². The van der Waals surface area contributed by atoms with Gasteiger partial charge in [0, 0.05) is 45.5 Å². The van der Waals surface area contributed by atoms with Gasteiger partial charge in [0.15, 0.2) is 0 Å². The Morgan fingerprint density at radius 2 is 2.08 bits per heavy atom. The number of carbonyl (C=O) groups is 1. The van der Waals surface area contributed by atoms with Crippen molar-refractivity contribution in [2.45, 2.75) is 13.3 Å². The summed E-state index contributed by atoms with van der Waals surface area (Å²) in [5.74, 6) is -0.0865. The summed E-state index contributed by atoms with van der Waals surface area (Å²) in [7, 11) is 3.27. The quantitative estimate of drug-likeness (QED) is 0.835. The van der Waals surface area contributed by atoms with E-state index in [2.05, 4.69) is 15.3 Å². The molecule has 1 aliphatic rings. The smallest absolute Gasteiger partial charge is 0.268 e. The van der Waals surface area contributed by atoms with Crippen LogP contribution in [0.15, 0.2) is 34.0 Å². The second-order valence-electron chi connectivity index (χ2n) is 6.74. The van der Waals surface area contributed by atoms with E-state index in [1.165, 1.54) is 9.25 Å². The van der Waals surface area contributed by atoms with Gasteiger partial charge in [-0.05, 0) is 31.4 Å². The minimum absolute atomic E-state index is 0.144. The van der Waals surface area contributed by atoms with Crippen LogP contribution in [0.4, 0.5) is 5.69 Å². The molecule has 0 aliphatic carbocycles. The average Bonchev–Trinajstić information content (AvgIpc) is 3.09. The first-order valence-corrected chi connectivity index (χ1v) is 8.60. The van der Waals surface area contributed by atoms with Gasteiger partial charge >= 0.3 is 0 Å². The van der Waals surface area contributed by atoms with Gasteiger partial charge in [-0.1, -0.05) is 0 Å². The molecule has 8 nitrogen and oxygen atoms in total. The molecule has 3 heterocycles. The summed E-state index contributed by atoms with van der Waals surface area (Å²) in [5, 5.41) is 6.90. The van der Waals surface area contributed by atoms with Crippen LogP contribution < -0.4 is 21.3 Å². The zero-order valence-electron chi connectivity index (χ0n) is 15.2. The van der Waals surface area contributed by atoms with Crippen LogP contribution in [0.2, 0.25) is 0 Å². The summed E-state index contributed by atoms with van der Waals surface area (Å²) in [5.41, 5.74) is 1.33. The lowest BCUT2D eigenvalue weighted by molar-refractivity contribution is 0.0946. The molecule has 0 spiro atoms. The first-order valence-electron chi connectivity index (χ1n) is 8.60. The monoisotopic (exact) mass is 357 g/mol. The first kappa shape index (κ1) is 17.9. The molecule has 0 radical (unpaired) electrons. The lowest BCUT2D eigenvalue weighted by Crippen LogP contribution is -2.36. The van der Waals surface area contributed by atoms with Crippen molar-refractivity contribution < 1.29 is 4.79 Å². The van der Waals surface area contributed by atoms with E-state index in [9.17, 15) is 14.4 Å². The van der Waals surface area contributed by atoms with E-state index in [4.69, 9.17) is 0 Å². The van der Waals surface area contributed by atoms with Gasteiger partial charge in [-0.25, -0.2) is 4.68 Å². The van der Waals surface area contributed by atoms with Gasteiger partial charge in [-0.3, -0.25) is 14.4 Å². The molecule has 1 saturated heterocycles. The summed E-state index contributed by atoms with van der Waals surface area (Å²) in [6, 6.07) is 4.90. The highest BCUT2D eigenvalue weighted by atomic mass is 16.2. The fourth-order valence-electron chi connectivity index (χ4n) is 3.10. The Labute approximate surface area is 151 Å². The molecular formula is C18H23N5O3. The number of hydrogen-bond donors (Lipinski definition) is 1. The molecule has 0 bridgehead atoms. The number of pyridine rings is 1. The van der Waals surface area contributed by atoms with E-state index in [1.54, 1.807) is 38.5 Å². The van der Waals surface area contributed by atoms with Crippen LogP contribution in [0.5, 0.6) is 0 Å². The Morgan fingerprint density at radius 3 is 2.81 bits per heavy atom. The Hall–Kier alpha value is -2.90. The predicted molar refractivity (Wildman–Crippen MR) is 98.6 cm³/mol. The van der Waals surface area contributed by atoms with Crippen molar-refractivity contribution >= 4 is 11.6 Å². The normalized spacial score (nSPS) is 16.7. The summed E-state index contributed by atoms with van der Waals surface area (Å²) >= 11 is 0. The molecule has 2 aromatic heterocycles. The van der Waals surface area contributed by atoms with E-state index in [0.29, 0.717) is 6.54 Å². The Bertz CT molecular complexity index is 947. The predicted octanol–water partition coefficient (Wildman–Crippen LogP) is 0.0437. The van der Waals surface area contributed by atoms with Crippen molar-refractivity contribution in [1.82, 2.24) is 19.7 Å². The molecule has 26 heavy (non-hydrogen) atoms. The molecule has 2 aromatic rings. The summed E-state index contributed by atoms with van der Waals surface area (Å²) in [6.07, 6.45) is 2.58. The van der Waals surface area contributed by atoms with Crippen molar-refractivity contribution in [3.8, 4) is 0 Å². The maximum Gasteiger partial charge on any atom is 0.268 e. The van der Waals surface area contributed by atoms with Crippen molar-refractivity contribution in [3.63, 3.8) is 0 Å².